The molecule has 8 nitrogen and oxygen atoms in total. The van der Waals surface area contributed by atoms with Gasteiger partial charge >= 0.3 is 5.69 Å². The Hall–Kier alpha value is -4.20. The summed E-state index contributed by atoms with van der Waals surface area (Å²) < 4.78 is 6.98. The Balaban J connectivity index is 1.30. The number of rotatable bonds is 4. The van der Waals surface area contributed by atoms with Crippen molar-refractivity contribution in [3.05, 3.63) is 92.3 Å². The van der Waals surface area contributed by atoms with E-state index in [2.05, 4.69) is 34.3 Å². The summed E-state index contributed by atoms with van der Waals surface area (Å²) in [5, 5.41) is 3.08. The molecule has 3 heterocycles. The Morgan fingerprint density at radius 1 is 1.12 bits per heavy atom. The Morgan fingerprint density at radius 3 is 2.67 bits per heavy atom. The van der Waals surface area contributed by atoms with E-state index < -0.39 is 11.2 Å². The number of aromatic amines is 1. The molecule has 1 amide bonds. The van der Waals surface area contributed by atoms with E-state index in [1.165, 1.54) is 29.3 Å². The van der Waals surface area contributed by atoms with Gasteiger partial charge in [0.1, 0.15) is 23.2 Å². The number of H-pyrrole nitrogens is 1. The molecule has 2 aromatic heterocycles. The fourth-order valence-electron chi connectivity index (χ4n) is 4.04. The molecule has 1 aliphatic heterocycles. The predicted molar refractivity (Wildman–Crippen MR) is 124 cm³/mol. The van der Waals surface area contributed by atoms with Gasteiger partial charge in [-0.2, -0.15) is 0 Å². The molecule has 166 valence electrons. The molecule has 0 saturated carbocycles. The lowest BCUT2D eigenvalue weighted by atomic mass is 10.00. The minimum Gasteiger partial charge on any atom is -0.490 e. The van der Waals surface area contributed by atoms with Crippen LogP contribution in [0.2, 0.25) is 0 Å². The molecule has 1 unspecified atom stereocenters. The van der Waals surface area contributed by atoms with Crippen LogP contribution in [0.4, 0.5) is 0 Å². The van der Waals surface area contributed by atoms with E-state index in [0.717, 1.165) is 28.9 Å². The van der Waals surface area contributed by atoms with Gasteiger partial charge in [-0.3, -0.25) is 19.1 Å². The number of nitrogens with zero attached hydrogens (tertiary/aromatic N) is 2. The molecule has 5 rings (SSSR count). The number of aryl methyl sites for hydroxylation is 1. The van der Waals surface area contributed by atoms with Crippen molar-refractivity contribution in [3.8, 4) is 16.9 Å². The van der Waals surface area contributed by atoms with Crippen LogP contribution >= 0.6 is 0 Å². The number of nitrogens with one attached hydrogen (secondary N) is 2. The summed E-state index contributed by atoms with van der Waals surface area (Å²) in [6.45, 7) is 2.39. The van der Waals surface area contributed by atoms with Crippen molar-refractivity contribution in [2.24, 2.45) is 7.05 Å². The Labute approximate surface area is 188 Å². The summed E-state index contributed by atoms with van der Waals surface area (Å²) in [7, 11) is 1.49. The molecule has 2 aromatic carbocycles. The molecular formula is C25H22N4O4. The van der Waals surface area contributed by atoms with Crippen LogP contribution in [0.3, 0.4) is 0 Å². The predicted octanol–water partition coefficient (Wildman–Crippen LogP) is 2.54. The van der Waals surface area contributed by atoms with Crippen LogP contribution in [0, 0.1) is 0 Å². The van der Waals surface area contributed by atoms with Gasteiger partial charge < -0.3 is 10.1 Å². The van der Waals surface area contributed by atoms with E-state index in [0.29, 0.717) is 6.54 Å². The van der Waals surface area contributed by atoms with Crippen LogP contribution < -0.4 is 21.3 Å². The molecule has 33 heavy (non-hydrogen) atoms. The Bertz CT molecular complexity index is 1500. The SMILES string of the molecule is CC1Cc2cc(-c3ccc(CNC(=O)c4ccc5c(=O)[nH]c(=O)n(C)c5n4)cc3)ccc2O1. The van der Waals surface area contributed by atoms with Crippen LogP contribution in [0.15, 0.2) is 64.2 Å². The quantitative estimate of drug-likeness (QED) is 0.505. The second-order valence-electron chi connectivity index (χ2n) is 8.22. The first-order valence-corrected chi connectivity index (χ1v) is 10.7. The van der Waals surface area contributed by atoms with E-state index in [4.69, 9.17) is 4.74 Å². The molecular weight excluding hydrogens is 420 g/mol. The summed E-state index contributed by atoms with van der Waals surface area (Å²) in [6, 6.07) is 17.2. The topological polar surface area (TPSA) is 106 Å². The maximum absolute atomic E-state index is 12.6. The molecule has 0 bridgehead atoms. The average Bonchev–Trinajstić information content (AvgIpc) is 3.20. The molecule has 0 radical (unpaired) electrons. The first-order chi connectivity index (χ1) is 15.9. The fraction of sp³-hybridized carbons (Fsp3) is 0.200. The number of hydrogen-bond acceptors (Lipinski definition) is 5. The summed E-state index contributed by atoms with van der Waals surface area (Å²) in [5.74, 6) is 0.569. The Kier molecular flexibility index (Phi) is 5.05. The normalized spacial score (nSPS) is 14.7. The molecule has 0 fully saturated rings. The third-order valence-electron chi connectivity index (χ3n) is 5.83. The first-order valence-electron chi connectivity index (χ1n) is 10.7. The van der Waals surface area contributed by atoms with Crippen molar-refractivity contribution >= 4 is 16.9 Å². The summed E-state index contributed by atoms with van der Waals surface area (Å²) in [4.78, 5) is 42.8. The molecule has 0 saturated heterocycles. The van der Waals surface area contributed by atoms with Crippen molar-refractivity contribution in [2.75, 3.05) is 0 Å². The highest BCUT2D eigenvalue weighted by Gasteiger charge is 2.19. The standard InChI is InChI=1S/C25H22N4O4/c1-14-11-18-12-17(7-10-21(18)33-14)16-5-3-15(4-6-16)13-26-24(31)20-9-8-19-22(27-20)29(2)25(32)28-23(19)30/h3-10,12,14H,11,13H2,1-2H3,(H,26,31)(H,28,30,32). The van der Waals surface area contributed by atoms with Crippen molar-refractivity contribution in [1.82, 2.24) is 19.9 Å². The number of carbonyl (C=O) groups excluding carboxylic acids is 1. The van der Waals surface area contributed by atoms with E-state index in [9.17, 15) is 14.4 Å². The molecule has 0 aliphatic carbocycles. The minimum absolute atomic E-state index is 0.134. The van der Waals surface area contributed by atoms with Crippen LogP contribution in [0.25, 0.3) is 22.2 Å². The van der Waals surface area contributed by atoms with Crippen LogP contribution in [-0.4, -0.2) is 26.5 Å². The lowest BCUT2D eigenvalue weighted by Crippen LogP contribution is -2.30. The van der Waals surface area contributed by atoms with Crippen molar-refractivity contribution in [1.29, 1.82) is 0 Å². The maximum Gasteiger partial charge on any atom is 0.329 e. The van der Waals surface area contributed by atoms with Gasteiger partial charge in [-0.25, -0.2) is 9.78 Å². The summed E-state index contributed by atoms with van der Waals surface area (Å²) >= 11 is 0. The number of aromatic nitrogens is 3. The average molecular weight is 442 g/mol. The largest absolute Gasteiger partial charge is 0.490 e. The third kappa shape index (κ3) is 3.91. The summed E-state index contributed by atoms with van der Waals surface area (Å²) in [5.41, 5.74) is 3.57. The molecule has 1 atom stereocenters. The number of ether oxygens (including phenoxy) is 1. The van der Waals surface area contributed by atoms with E-state index in [1.54, 1.807) is 0 Å². The summed E-state index contributed by atoms with van der Waals surface area (Å²) in [6.07, 6.45) is 1.13. The molecule has 8 heteroatoms. The molecule has 0 spiro atoms. The van der Waals surface area contributed by atoms with E-state index in [1.807, 2.05) is 30.3 Å². The second-order valence-corrected chi connectivity index (χ2v) is 8.22. The zero-order chi connectivity index (χ0) is 23.1. The van der Waals surface area contributed by atoms with E-state index >= 15 is 0 Å². The van der Waals surface area contributed by atoms with Crippen molar-refractivity contribution < 1.29 is 9.53 Å². The van der Waals surface area contributed by atoms with Gasteiger partial charge in [0.15, 0.2) is 0 Å². The number of amides is 1. The van der Waals surface area contributed by atoms with Crippen LogP contribution in [0.5, 0.6) is 5.75 Å². The lowest BCUT2D eigenvalue weighted by Gasteiger charge is -2.09. The number of hydrogen-bond donors (Lipinski definition) is 2. The zero-order valence-corrected chi connectivity index (χ0v) is 18.2. The highest BCUT2D eigenvalue weighted by Crippen LogP contribution is 2.32. The van der Waals surface area contributed by atoms with Gasteiger partial charge in [-0.05, 0) is 53.4 Å². The number of benzene rings is 2. The molecule has 4 aromatic rings. The second kappa shape index (κ2) is 8.05. The monoisotopic (exact) mass is 442 g/mol. The van der Waals surface area contributed by atoms with Gasteiger partial charge in [-0.15, -0.1) is 0 Å². The smallest absolute Gasteiger partial charge is 0.329 e. The van der Waals surface area contributed by atoms with Gasteiger partial charge in [0.05, 0.1) is 5.39 Å². The van der Waals surface area contributed by atoms with Gasteiger partial charge in [-0.1, -0.05) is 30.3 Å². The number of carbonyl (C=O) groups is 1. The van der Waals surface area contributed by atoms with Crippen LogP contribution in [0.1, 0.15) is 28.5 Å². The first kappa shape index (κ1) is 20.7. The van der Waals surface area contributed by atoms with Crippen molar-refractivity contribution in [3.63, 3.8) is 0 Å². The number of pyridine rings is 1. The van der Waals surface area contributed by atoms with Gasteiger partial charge in [0.25, 0.3) is 11.5 Å². The zero-order valence-electron chi connectivity index (χ0n) is 18.2. The van der Waals surface area contributed by atoms with Gasteiger partial charge in [0.2, 0.25) is 0 Å². The maximum atomic E-state index is 12.6. The highest BCUT2D eigenvalue weighted by atomic mass is 16.5. The Morgan fingerprint density at radius 2 is 1.88 bits per heavy atom. The van der Waals surface area contributed by atoms with Gasteiger partial charge in [0, 0.05) is 20.0 Å². The van der Waals surface area contributed by atoms with E-state index in [-0.39, 0.29) is 28.7 Å². The fourth-order valence-corrected chi connectivity index (χ4v) is 4.04. The minimum atomic E-state index is -0.581. The van der Waals surface area contributed by atoms with Crippen LogP contribution in [-0.2, 0) is 20.0 Å². The third-order valence-corrected chi connectivity index (χ3v) is 5.83. The molecule has 1 aliphatic rings. The highest BCUT2D eigenvalue weighted by molar-refractivity contribution is 5.94. The number of fused-ring (bicyclic) bond motifs is 2. The van der Waals surface area contributed by atoms with Crippen molar-refractivity contribution in [2.45, 2.75) is 26.0 Å². The molecule has 2 N–H and O–H groups in total. The lowest BCUT2D eigenvalue weighted by molar-refractivity contribution is 0.0946.